The van der Waals surface area contributed by atoms with Crippen molar-refractivity contribution < 1.29 is 14.0 Å². The fourth-order valence-corrected chi connectivity index (χ4v) is 11.7. The summed E-state index contributed by atoms with van der Waals surface area (Å²) in [7, 11) is -0.348. The zero-order chi connectivity index (χ0) is 28.7. The number of halogens is 1. The lowest BCUT2D eigenvalue weighted by atomic mass is 9.88. The van der Waals surface area contributed by atoms with Crippen molar-refractivity contribution in [1.82, 2.24) is 24.4 Å². The van der Waals surface area contributed by atoms with Crippen LogP contribution in [0.2, 0.25) is 0 Å². The summed E-state index contributed by atoms with van der Waals surface area (Å²) in [5.74, 6) is 1.60. The maximum atomic E-state index is 14.0. The summed E-state index contributed by atoms with van der Waals surface area (Å²) in [5, 5.41) is 3.16. The average Bonchev–Trinajstić information content (AvgIpc) is 3.61. The molecule has 3 fully saturated rings. The van der Waals surface area contributed by atoms with Crippen molar-refractivity contribution in [3.63, 3.8) is 0 Å². The highest BCUT2D eigenvalue weighted by atomic mass is 32.1. The molecule has 1 aliphatic carbocycles. The minimum absolute atomic E-state index is 0.0167. The first-order valence-corrected chi connectivity index (χ1v) is 18.2. The molecule has 7 nitrogen and oxygen atoms in total. The number of fused-ring (bicyclic) bond motifs is 3. The lowest BCUT2D eigenvalue weighted by Crippen LogP contribution is -2.46. The van der Waals surface area contributed by atoms with Gasteiger partial charge in [0.2, 0.25) is 11.8 Å². The Labute approximate surface area is 249 Å². The quantitative estimate of drug-likeness (QED) is 0.386. The smallest absolute Gasteiger partial charge is 0.225 e. The zero-order valence-corrected chi connectivity index (χ0v) is 26.5. The molecule has 3 aliphatic heterocycles. The number of nitrogens with one attached hydrogen (secondary N) is 1. The minimum Gasteiger partial charge on any atom is -0.348 e. The summed E-state index contributed by atoms with van der Waals surface area (Å²) in [5.41, 5.74) is 2.46. The summed E-state index contributed by atoms with van der Waals surface area (Å²) in [6.45, 7) is 8.44. The van der Waals surface area contributed by atoms with Crippen LogP contribution in [0.25, 0.3) is 0 Å². The number of nitrogens with zero attached hydrogens (tertiary/aromatic N) is 4. The predicted octanol–water partition coefficient (Wildman–Crippen LogP) is 5.85. The predicted molar refractivity (Wildman–Crippen MR) is 163 cm³/mol. The molecule has 3 unspecified atom stereocenters. The van der Waals surface area contributed by atoms with Crippen LogP contribution < -0.4 is 5.32 Å². The van der Waals surface area contributed by atoms with Crippen LogP contribution in [-0.2, 0) is 22.6 Å². The first-order valence-electron chi connectivity index (χ1n) is 15.7. The van der Waals surface area contributed by atoms with Gasteiger partial charge in [0.25, 0.3) is 0 Å². The number of thiophene rings is 1. The number of rotatable bonds is 8. The monoisotopic (exact) mass is 601 g/mol. The normalized spacial score (nSPS) is 25.9. The second-order valence-corrected chi connectivity index (χ2v) is 16.1. The summed E-state index contributed by atoms with van der Waals surface area (Å²) in [6, 6.07) is 4.37. The fourth-order valence-electron chi connectivity index (χ4n) is 7.66. The molecule has 1 saturated carbocycles. The molecule has 6 rings (SSSR count). The van der Waals surface area contributed by atoms with Crippen LogP contribution >= 0.6 is 19.4 Å². The molecule has 2 bridgehead atoms. The third kappa shape index (κ3) is 6.14. The molecule has 4 aliphatic rings. The highest BCUT2D eigenvalue weighted by molar-refractivity contribution is 7.56. The molecule has 0 spiro atoms. The first kappa shape index (κ1) is 29.3. The molecule has 10 heteroatoms. The molecule has 2 aromatic heterocycles. The van der Waals surface area contributed by atoms with Gasteiger partial charge >= 0.3 is 0 Å². The van der Waals surface area contributed by atoms with E-state index in [1.165, 1.54) is 54.7 Å². The van der Waals surface area contributed by atoms with Gasteiger partial charge in [0.1, 0.15) is 5.82 Å². The van der Waals surface area contributed by atoms with E-state index in [2.05, 4.69) is 21.5 Å². The summed E-state index contributed by atoms with van der Waals surface area (Å²) in [6.07, 6.45) is 11.9. The van der Waals surface area contributed by atoms with Crippen LogP contribution in [0.4, 0.5) is 4.39 Å². The highest BCUT2D eigenvalue weighted by Gasteiger charge is 2.43. The summed E-state index contributed by atoms with van der Waals surface area (Å²) in [4.78, 5) is 36.4. The Bertz CT molecular complexity index is 1240. The molecular formula is C31H45FN5O2PS. The Morgan fingerprint density at radius 2 is 1.85 bits per heavy atom. The Morgan fingerprint density at radius 1 is 1.12 bits per heavy atom. The molecular weight excluding hydrogens is 556 g/mol. The van der Waals surface area contributed by atoms with Crippen molar-refractivity contribution in [2.45, 2.75) is 103 Å². The van der Waals surface area contributed by atoms with Gasteiger partial charge in [0.05, 0.1) is 18.3 Å². The number of hydrogen-bond acceptors (Lipinski definition) is 5. The van der Waals surface area contributed by atoms with E-state index in [9.17, 15) is 14.0 Å². The van der Waals surface area contributed by atoms with Gasteiger partial charge in [0.15, 0.2) is 5.13 Å². The number of imidazole rings is 1. The van der Waals surface area contributed by atoms with E-state index in [1.54, 1.807) is 0 Å². The van der Waals surface area contributed by atoms with E-state index in [-0.39, 0.29) is 42.9 Å². The van der Waals surface area contributed by atoms with Crippen molar-refractivity contribution >= 4 is 31.2 Å². The van der Waals surface area contributed by atoms with Gasteiger partial charge in [-0.2, -0.15) is 4.39 Å². The number of aromatic nitrogens is 2. The molecule has 1 N–H and O–H groups in total. The van der Waals surface area contributed by atoms with Crippen LogP contribution in [0.1, 0.15) is 93.3 Å². The lowest BCUT2D eigenvalue weighted by Gasteiger charge is -2.41. The highest BCUT2D eigenvalue weighted by Crippen LogP contribution is 2.51. The van der Waals surface area contributed by atoms with Crippen LogP contribution in [-0.4, -0.2) is 68.4 Å². The third-order valence-corrected chi connectivity index (χ3v) is 13.5. The van der Waals surface area contributed by atoms with E-state index in [1.807, 2.05) is 24.8 Å². The van der Waals surface area contributed by atoms with Crippen molar-refractivity contribution in [3.05, 3.63) is 39.4 Å². The second kappa shape index (κ2) is 12.4. The van der Waals surface area contributed by atoms with Gasteiger partial charge < -0.3 is 14.6 Å². The van der Waals surface area contributed by atoms with Crippen molar-refractivity contribution in [3.8, 4) is 0 Å². The van der Waals surface area contributed by atoms with Gasteiger partial charge in [-0.05, 0) is 51.2 Å². The van der Waals surface area contributed by atoms with Gasteiger partial charge in [-0.15, -0.1) is 11.3 Å². The number of carbonyl (C=O) groups excluding carboxylic acids is 2. The third-order valence-electron chi connectivity index (χ3n) is 9.76. The molecule has 41 heavy (non-hydrogen) atoms. The fraction of sp³-hybridized carbons (Fsp3) is 0.710. The molecule has 0 radical (unpaired) electrons. The van der Waals surface area contributed by atoms with E-state index < -0.39 is 0 Å². The Balaban J connectivity index is 1.11. The summed E-state index contributed by atoms with van der Waals surface area (Å²) >= 11 is 1.17. The number of amides is 2. The number of aryl methyl sites for hydroxylation is 1. The topological polar surface area (TPSA) is 70.5 Å². The van der Waals surface area contributed by atoms with E-state index in [0.29, 0.717) is 18.6 Å². The minimum atomic E-state index is -0.348. The average molecular weight is 602 g/mol. The van der Waals surface area contributed by atoms with Gasteiger partial charge in [-0.3, -0.25) is 14.5 Å². The lowest BCUT2D eigenvalue weighted by molar-refractivity contribution is -0.135. The van der Waals surface area contributed by atoms with Gasteiger partial charge in [-0.1, -0.05) is 33.1 Å². The van der Waals surface area contributed by atoms with E-state index in [0.717, 1.165) is 68.0 Å². The first-order chi connectivity index (χ1) is 19.8. The van der Waals surface area contributed by atoms with Crippen LogP contribution in [0, 0.1) is 23.9 Å². The second-order valence-electron chi connectivity index (χ2n) is 12.8. The number of hydrogen-bond donors (Lipinski definition) is 1. The zero-order valence-electron chi connectivity index (χ0n) is 24.8. The number of carbonyl (C=O) groups is 2. The van der Waals surface area contributed by atoms with Crippen molar-refractivity contribution in [2.24, 2.45) is 11.8 Å². The molecule has 5 heterocycles. The maximum absolute atomic E-state index is 14.0. The Morgan fingerprint density at radius 3 is 2.51 bits per heavy atom. The molecule has 2 amide bonds. The molecule has 0 aromatic carbocycles. The molecule has 2 saturated heterocycles. The van der Waals surface area contributed by atoms with E-state index >= 15 is 0 Å². The van der Waals surface area contributed by atoms with Gasteiger partial charge in [0, 0.05) is 74.4 Å². The van der Waals surface area contributed by atoms with Gasteiger partial charge in [-0.25, -0.2) is 4.98 Å². The maximum Gasteiger partial charge on any atom is 0.225 e. The molecule has 3 atom stereocenters. The standard InChI is InChI=1S/C31H45FN5O2PS/c1-20(2)31(39)35-15-14-27-26(17-35)33-21(3)37(27)40-18-23-9-10-24(19-40)36(23)16-13-25(28-11-12-29(32)41-28)34-30(38)22-7-5-4-6-8-22/h11-12,20,22-25H,4-10,13-19H2,1-3H3,(H,34,38). The Kier molecular flexibility index (Phi) is 8.86. The van der Waals surface area contributed by atoms with Crippen LogP contribution in [0.3, 0.4) is 0 Å². The van der Waals surface area contributed by atoms with Crippen LogP contribution in [0.5, 0.6) is 0 Å². The summed E-state index contributed by atoms with van der Waals surface area (Å²) < 4.78 is 16.6. The SMILES string of the molecule is Cc1nc2c(n1P1CC3CCC(C1)N3CCC(NC(=O)C1CCCCC1)c1ccc(F)s1)CCN(C(=O)C(C)C)C2. The largest absolute Gasteiger partial charge is 0.348 e. The Hall–Kier alpha value is -1.83. The van der Waals surface area contributed by atoms with Crippen LogP contribution in [0.15, 0.2) is 12.1 Å². The van der Waals surface area contributed by atoms with Crippen molar-refractivity contribution in [2.75, 3.05) is 25.4 Å². The molecule has 224 valence electrons. The molecule has 2 aromatic rings. The van der Waals surface area contributed by atoms with Crippen molar-refractivity contribution in [1.29, 1.82) is 0 Å². The van der Waals surface area contributed by atoms with E-state index in [4.69, 9.17) is 4.98 Å².